The van der Waals surface area contributed by atoms with Gasteiger partial charge in [-0.1, -0.05) is 24.3 Å². The summed E-state index contributed by atoms with van der Waals surface area (Å²) in [6, 6.07) is 8.39. The van der Waals surface area contributed by atoms with Gasteiger partial charge in [-0.3, -0.25) is 4.79 Å². The first-order valence-electron chi connectivity index (χ1n) is 8.54. The fraction of sp³-hybridized carbons (Fsp3) is 0.556. The topological polar surface area (TPSA) is 52.7 Å². The van der Waals surface area contributed by atoms with Crippen molar-refractivity contribution in [3.8, 4) is 0 Å². The van der Waals surface area contributed by atoms with Crippen LogP contribution in [0.5, 0.6) is 0 Å². The number of hydrogen-bond acceptors (Lipinski definition) is 2. The van der Waals surface area contributed by atoms with Crippen LogP contribution in [-0.2, 0) is 17.8 Å². The molecule has 2 aliphatic rings. The smallest absolute Gasteiger partial charge is 0.318 e. The Hall–Kier alpha value is -2.04. The molecule has 3 rings (SSSR count). The van der Waals surface area contributed by atoms with Crippen molar-refractivity contribution < 1.29 is 9.59 Å². The zero-order chi connectivity index (χ0) is 16.2. The predicted molar refractivity (Wildman–Crippen MR) is 89.0 cm³/mol. The molecule has 1 aromatic carbocycles. The van der Waals surface area contributed by atoms with Gasteiger partial charge in [0.2, 0.25) is 5.91 Å². The van der Waals surface area contributed by atoms with Crippen LogP contribution in [0.3, 0.4) is 0 Å². The first-order valence-corrected chi connectivity index (χ1v) is 8.54. The van der Waals surface area contributed by atoms with E-state index < -0.39 is 0 Å². The van der Waals surface area contributed by atoms with Gasteiger partial charge in [-0.05, 0) is 43.7 Å². The Bertz CT molecular complexity index is 587. The van der Waals surface area contributed by atoms with E-state index in [0.717, 1.165) is 32.4 Å². The number of carbonyl (C=O) groups is 2. The van der Waals surface area contributed by atoms with E-state index in [2.05, 4.69) is 24.4 Å². The molecular weight excluding hydrogens is 290 g/mol. The summed E-state index contributed by atoms with van der Waals surface area (Å²) in [6.07, 6.45) is 4.16. The molecule has 2 heterocycles. The van der Waals surface area contributed by atoms with Gasteiger partial charge in [-0.15, -0.1) is 0 Å². The van der Waals surface area contributed by atoms with Crippen LogP contribution in [0.1, 0.15) is 37.3 Å². The fourth-order valence-corrected chi connectivity index (χ4v) is 3.47. The predicted octanol–water partition coefficient (Wildman–Crippen LogP) is 2.16. The van der Waals surface area contributed by atoms with Gasteiger partial charge >= 0.3 is 6.03 Å². The van der Waals surface area contributed by atoms with Gasteiger partial charge in [-0.2, -0.15) is 0 Å². The quantitative estimate of drug-likeness (QED) is 0.909. The number of carbonyl (C=O) groups excluding carboxylic acids is 2. The third kappa shape index (κ3) is 3.66. The number of urea groups is 1. The number of nitrogens with one attached hydrogen (secondary N) is 1. The highest BCUT2D eigenvalue weighted by Gasteiger charge is 2.25. The minimum Gasteiger partial charge on any atom is -0.336 e. The Balaban J connectivity index is 1.51. The Morgan fingerprint density at radius 2 is 1.96 bits per heavy atom. The lowest BCUT2D eigenvalue weighted by Crippen LogP contribution is -2.50. The minimum atomic E-state index is -0.108. The van der Waals surface area contributed by atoms with Gasteiger partial charge in [0.1, 0.15) is 0 Å². The van der Waals surface area contributed by atoms with Crippen molar-refractivity contribution >= 4 is 11.9 Å². The van der Waals surface area contributed by atoms with Crippen molar-refractivity contribution in [2.45, 2.75) is 45.2 Å². The van der Waals surface area contributed by atoms with Crippen LogP contribution < -0.4 is 5.32 Å². The van der Waals surface area contributed by atoms with Gasteiger partial charge in [0, 0.05) is 25.7 Å². The zero-order valence-electron chi connectivity index (χ0n) is 13.8. The molecule has 1 N–H and O–H groups in total. The van der Waals surface area contributed by atoms with Crippen LogP contribution in [0.4, 0.5) is 4.79 Å². The molecule has 23 heavy (non-hydrogen) atoms. The third-order valence-electron chi connectivity index (χ3n) is 4.94. The maximum Gasteiger partial charge on any atom is 0.318 e. The molecule has 1 atom stereocenters. The molecule has 0 bridgehead atoms. The molecule has 0 spiro atoms. The highest BCUT2D eigenvalue weighted by molar-refractivity contribution is 5.84. The molecular formula is C18H25N3O2. The molecule has 0 radical (unpaired) electrons. The lowest BCUT2D eigenvalue weighted by atomic mass is 10.00. The van der Waals surface area contributed by atoms with Crippen LogP contribution in [0.15, 0.2) is 24.3 Å². The van der Waals surface area contributed by atoms with Crippen LogP contribution >= 0.6 is 0 Å². The normalized spacial score (nSPS) is 20.8. The fourth-order valence-electron chi connectivity index (χ4n) is 3.47. The summed E-state index contributed by atoms with van der Waals surface area (Å²) in [5.74, 6) is -0.00230. The molecule has 3 amide bonds. The molecule has 0 aromatic heterocycles. The van der Waals surface area contributed by atoms with E-state index in [4.69, 9.17) is 0 Å². The Morgan fingerprint density at radius 1 is 1.17 bits per heavy atom. The largest absolute Gasteiger partial charge is 0.336 e. The number of nitrogens with zero attached hydrogens (tertiary/aromatic N) is 2. The Kier molecular flexibility index (Phi) is 4.84. The second-order valence-corrected chi connectivity index (χ2v) is 6.53. The first-order chi connectivity index (χ1) is 11.1. The van der Waals surface area contributed by atoms with E-state index in [9.17, 15) is 9.59 Å². The number of benzene rings is 1. The summed E-state index contributed by atoms with van der Waals surface area (Å²) in [5, 5.41) is 2.80. The van der Waals surface area contributed by atoms with Gasteiger partial charge in [-0.25, -0.2) is 4.79 Å². The van der Waals surface area contributed by atoms with E-state index in [-0.39, 0.29) is 24.5 Å². The molecule has 1 unspecified atom stereocenters. The van der Waals surface area contributed by atoms with Crippen molar-refractivity contribution in [2.24, 2.45) is 0 Å². The van der Waals surface area contributed by atoms with Gasteiger partial charge in [0.05, 0.1) is 6.54 Å². The molecule has 0 aliphatic carbocycles. The number of fused-ring (bicyclic) bond motifs is 1. The van der Waals surface area contributed by atoms with E-state index >= 15 is 0 Å². The van der Waals surface area contributed by atoms with Crippen molar-refractivity contribution in [2.75, 3.05) is 19.6 Å². The molecule has 124 valence electrons. The molecule has 1 fully saturated rings. The van der Waals surface area contributed by atoms with Crippen molar-refractivity contribution in [3.05, 3.63) is 35.4 Å². The van der Waals surface area contributed by atoms with E-state index in [1.165, 1.54) is 17.5 Å². The molecule has 1 aromatic rings. The van der Waals surface area contributed by atoms with Crippen LogP contribution in [-0.4, -0.2) is 47.4 Å². The summed E-state index contributed by atoms with van der Waals surface area (Å²) < 4.78 is 0. The van der Waals surface area contributed by atoms with Crippen molar-refractivity contribution in [1.82, 2.24) is 15.1 Å². The monoisotopic (exact) mass is 315 g/mol. The number of amides is 3. The zero-order valence-corrected chi connectivity index (χ0v) is 13.8. The first kappa shape index (κ1) is 15.8. The summed E-state index contributed by atoms with van der Waals surface area (Å²) in [6.45, 7) is 4.32. The number of rotatable bonds is 2. The summed E-state index contributed by atoms with van der Waals surface area (Å²) in [5.41, 5.74) is 2.53. The highest BCUT2D eigenvalue weighted by Crippen LogP contribution is 2.18. The Labute approximate surface area is 137 Å². The second-order valence-electron chi connectivity index (χ2n) is 6.53. The SMILES string of the molecule is CC1CCCCN1C(=O)NCC(=O)N1CCc2ccccc2C1. The number of piperidine rings is 1. The molecule has 1 saturated heterocycles. The van der Waals surface area contributed by atoms with Crippen molar-refractivity contribution in [3.63, 3.8) is 0 Å². The maximum atomic E-state index is 12.4. The summed E-state index contributed by atoms with van der Waals surface area (Å²) in [7, 11) is 0. The van der Waals surface area contributed by atoms with E-state index in [0.29, 0.717) is 6.54 Å². The maximum absolute atomic E-state index is 12.4. The average molecular weight is 315 g/mol. The molecule has 5 heteroatoms. The van der Waals surface area contributed by atoms with Crippen molar-refractivity contribution in [1.29, 1.82) is 0 Å². The lowest BCUT2D eigenvalue weighted by molar-refractivity contribution is -0.131. The van der Waals surface area contributed by atoms with Gasteiger partial charge < -0.3 is 15.1 Å². The number of hydrogen-bond donors (Lipinski definition) is 1. The van der Waals surface area contributed by atoms with Crippen LogP contribution in [0.25, 0.3) is 0 Å². The average Bonchev–Trinajstić information content (AvgIpc) is 2.59. The van der Waals surface area contributed by atoms with Crippen LogP contribution in [0, 0.1) is 0 Å². The Morgan fingerprint density at radius 3 is 2.74 bits per heavy atom. The van der Waals surface area contributed by atoms with E-state index in [1.807, 2.05) is 21.9 Å². The highest BCUT2D eigenvalue weighted by atomic mass is 16.2. The summed E-state index contributed by atoms with van der Waals surface area (Å²) in [4.78, 5) is 28.3. The summed E-state index contributed by atoms with van der Waals surface area (Å²) >= 11 is 0. The second kappa shape index (κ2) is 7.02. The molecule has 2 aliphatic heterocycles. The molecule has 0 saturated carbocycles. The van der Waals surface area contributed by atoms with E-state index in [1.54, 1.807) is 0 Å². The third-order valence-corrected chi connectivity index (χ3v) is 4.94. The van der Waals surface area contributed by atoms with Gasteiger partial charge in [0.15, 0.2) is 0 Å². The number of likely N-dealkylation sites (tertiary alicyclic amines) is 1. The van der Waals surface area contributed by atoms with Crippen LogP contribution in [0.2, 0.25) is 0 Å². The lowest BCUT2D eigenvalue weighted by Gasteiger charge is -2.34. The van der Waals surface area contributed by atoms with Gasteiger partial charge in [0.25, 0.3) is 0 Å². The minimum absolute atomic E-state index is 0.00230. The standard InChI is InChI=1S/C18H25N3O2/c1-14-6-4-5-10-21(14)18(23)19-12-17(22)20-11-9-15-7-2-3-8-16(15)13-20/h2-3,7-8,14H,4-6,9-13H2,1H3,(H,19,23). The molecule has 5 nitrogen and oxygen atoms in total.